The number of aryl methyl sites for hydroxylation is 1. The van der Waals surface area contributed by atoms with Crippen LogP contribution in [0.1, 0.15) is 66.2 Å². The average Bonchev–Trinajstić information content (AvgIpc) is 2.74. The number of fused-ring (bicyclic) bond motifs is 4. The SMILES string of the molecule is Cc1nccnc1N1C[C@@H]2C[C@H](C1)c1ccc(C(=O)N3CCCCCCC3)c(=O)n1C2. The van der Waals surface area contributed by atoms with Crippen molar-refractivity contribution in [2.75, 3.05) is 31.1 Å². The van der Waals surface area contributed by atoms with E-state index in [1.54, 1.807) is 18.5 Å². The molecule has 0 unspecified atom stereocenters. The third kappa shape index (κ3) is 3.86. The van der Waals surface area contributed by atoms with Gasteiger partial charge >= 0.3 is 0 Å². The number of hydrogen-bond acceptors (Lipinski definition) is 5. The molecule has 0 N–H and O–H groups in total. The van der Waals surface area contributed by atoms with Crippen LogP contribution in [0.5, 0.6) is 0 Å². The second-order valence-corrected chi connectivity index (χ2v) is 9.32. The Labute approximate surface area is 183 Å². The summed E-state index contributed by atoms with van der Waals surface area (Å²) in [6.45, 7) is 5.88. The highest BCUT2D eigenvalue weighted by Gasteiger charge is 2.36. The van der Waals surface area contributed by atoms with E-state index < -0.39 is 0 Å². The lowest BCUT2D eigenvalue weighted by atomic mass is 9.83. The van der Waals surface area contributed by atoms with Crippen molar-refractivity contribution in [2.45, 2.75) is 57.9 Å². The summed E-state index contributed by atoms with van der Waals surface area (Å²) in [7, 11) is 0. The molecule has 2 saturated heterocycles. The van der Waals surface area contributed by atoms with Crippen LogP contribution >= 0.6 is 0 Å². The molecule has 0 aliphatic carbocycles. The lowest BCUT2D eigenvalue weighted by molar-refractivity contribution is 0.0739. The molecule has 0 aromatic carbocycles. The van der Waals surface area contributed by atoms with Crippen molar-refractivity contribution in [3.05, 3.63) is 51.8 Å². The Kier molecular flexibility index (Phi) is 5.50. The first kappa shape index (κ1) is 20.2. The van der Waals surface area contributed by atoms with Crippen molar-refractivity contribution in [3.8, 4) is 0 Å². The fraction of sp³-hybridized carbons (Fsp3) is 0.583. The van der Waals surface area contributed by atoms with Crippen LogP contribution in [0.4, 0.5) is 5.82 Å². The van der Waals surface area contributed by atoms with Gasteiger partial charge in [-0.15, -0.1) is 0 Å². The number of aromatic nitrogens is 3. The minimum Gasteiger partial charge on any atom is -0.354 e. The number of carbonyl (C=O) groups is 1. The first-order valence-electron chi connectivity index (χ1n) is 11.7. The molecule has 31 heavy (non-hydrogen) atoms. The van der Waals surface area contributed by atoms with E-state index in [4.69, 9.17) is 0 Å². The Balaban J connectivity index is 1.41. The summed E-state index contributed by atoms with van der Waals surface area (Å²) in [6, 6.07) is 3.80. The first-order chi connectivity index (χ1) is 15.1. The third-order valence-corrected chi connectivity index (χ3v) is 7.13. The Morgan fingerprint density at radius 2 is 1.71 bits per heavy atom. The third-order valence-electron chi connectivity index (χ3n) is 7.13. The molecule has 3 aliphatic rings. The minimum atomic E-state index is -0.108. The van der Waals surface area contributed by atoms with Crippen LogP contribution in [-0.2, 0) is 6.54 Å². The number of hydrogen-bond donors (Lipinski definition) is 0. The van der Waals surface area contributed by atoms with Gasteiger partial charge in [-0.2, -0.15) is 0 Å². The average molecular weight is 422 g/mol. The number of pyridine rings is 1. The summed E-state index contributed by atoms with van der Waals surface area (Å²) in [5.74, 6) is 1.50. The van der Waals surface area contributed by atoms with Crippen molar-refractivity contribution in [1.29, 1.82) is 0 Å². The molecule has 3 aliphatic heterocycles. The number of piperidine rings is 1. The molecular formula is C24H31N5O2. The van der Waals surface area contributed by atoms with Crippen LogP contribution in [0, 0.1) is 12.8 Å². The van der Waals surface area contributed by atoms with Gasteiger partial charge in [-0.3, -0.25) is 14.6 Å². The van der Waals surface area contributed by atoms with Gasteiger partial charge in [0.2, 0.25) is 0 Å². The fourth-order valence-corrected chi connectivity index (χ4v) is 5.61. The second-order valence-electron chi connectivity index (χ2n) is 9.32. The maximum absolute atomic E-state index is 13.4. The lowest BCUT2D eigenvalue weighted by Gasteiger charge is -2.43. The molecule has 7 heteroatoms. The van der Waals surface area contributed by atoms with Crippen LogP contribution < -0.4 is 10.5 Å². The number of carbonyl (C=O) groups excluding carboxylic acids is 1. The zero-order valence-corrected chi connectivity index (χ0v) is 18.3. The first-order valence-corrected chi connectivity index (χ1v) is 11.7. The van der Waals surface area contributed by atoms with Gasteiger partial charge in [-0.05, 0) is 44.2 Å². The Hall–Kier alpha value is -2.70. The molecule has 0 radical (unpaired) electrons. The van der Waals surface area contributed by atoms with E-state index in [9.17, 15) is 9.59 Å². The molecule has 2 bridgehead atoms. The molecule has 164 valence electrons. The van der Waals surface area contributed by atoms with Crippen LogP contribution in [-0.4, -0.2) is 51.5 Å². The zero-order chi connectivity index (χ0) is 21.4. The number of nitrogens with zero attached hydrogens (tertiary/aromatic N) is 5. The van der Waals surface area contributed by atoms with Gasteiger partial charge in [0.05, 0.1) is 5.69 Å². The summed E-state index contributed by atoms with van der Waals surface area (Å²) in [5, 5.41) is 0. The number of anilines is 1. The van der Waals surface area contributed by atoms with Gasteiger partial charge in [0, 0.05) is 56.7 Å². The summed E-state index contributed by atoms with van der Waals surface area (Å²) >= 11 is 0. The van der Waals surface area contributed by atoms with E-state index in [1.165, 1.54) is 6.42 Å². The highest BCUT2D eigenvalue weighted by Crippen LogP contribution is 2.37. The molecule has 2 aromatic rings. The minimum absolute atomic E-state index is 0.0882. The standard InChI is InChI=1S/C24H31N5O2/c1-17-22(26-10-9-25-17)28-14-18-13-19(16-28)21-8-7-20(24(31)29(21)15-18)23(30)27-11-5-3-2-4-6-12-27/h7-10,18-19H,2-6,11-16H2,1H3/t18-,19+/m0/s1. The van der Waals surface area contributed by atoms with Crippen LogP contribution in [0.15, 0.2) is 29.3 Å². The summed E-state index contributed by atoms with van der Waals surface area (Å²) < 4.78 is 1.89. The maximum atomic E-state index is 13.4. The molecule has 0 spiro atoms. The lowest BCUT2D eigenvalue weighted by Crippen LogP contribution is -2.49. The molecule has 2 aromatic heterocycles. The zero-order valence-electron chi connectivity index (χ0n) is 18.3. The highest BCUT2D eigenvalue weighted by atomic mass is 16.2. The van der Waals surface area contributed by atoms with Gasteiger partial charge in [-0.1, -0.05) is 19.3 Å². The largest absolute Gasteiger partial charge is 0.354 e. The van der Waals surface area contributed by atoms with Crippen molar-refractivity contribution in [2.24, 2.45) is 5.92 Å². The Morgan fingerprint density at radius 3 is 2.48 bits per heavy atom. The van der Waals surface area contributed by atoms with E-state index in [2.05, 4.69) is 14.9 Å². The number of likely N-dealkylation sites (tertiary alicyclic amines) is 1. The molecular weight excluding hydrogens is 390 g/mol. The van der Waals surface area contributed by atoms with Gasteiger partial charge in [0.1, 0.15) is 11.4 Å². The van der Waals surface area contributed by atoms with Crippen molar-refractivity contribution in [1.82, 2.24) is 19.4 Å². The van der Waals surface area contributed by atoms with Crippen molar-refractivity contribution >= 4 is 11.7 Å². The fourth-order valence-electron chi connectivity index (χ4n) is 5.61. The van der Waals surface area contributed by atoms with E-state index in [0.717, 1.165) is 75.5 Å². The topological polar surface area (TPSA) is 71.3 Å². The van der Waals surface area contributed by atoms with Gasteiger partial charge in [0.25, 0.3) is 11.5 Å². The van der Waals surface area contributed by atoms with E-state index in [-0.39, 0.29) is 17.4 Å². The molecule has 7 nitrogen and oxygen atoms in total. The Bertz CT molecular complexity index is 1020. The van der Waals surface area contributed by atoms with E-state index >= 15 is 0 Å². The summed E-state index contributed by atoms with van der Waals surface area (Å²) in [4.78, 5) is 39.7. The van der Waals surface area contributed by atoms with Gasteiger partial charge in [0.15, 0.2) is 0 Å². The van der Waals surface area contributed by atoms with Crippen LogP contribution in [0.3, 0.4) is 0 Å². The summed E-state index contributed by atoms with van der Waals surface area (Å²) in [5.41, 5.74) is 2.22. The monoisotopic (exact) mass is 421 g/mol. The quantitative estimate of drug-likeness (QED) is 0.746. The second kappa shape index (κ2) is 8.44. The molecule has 2 fully saturated rings. The van der Waals surface area contributed by atoms with Crippen LogP contribution in [0.25, 0.3) is 0 Å². The van der Waals surface area contributed by atoms with Crippen molar-refractivity contribution in [3.63, 3.8) is 0 Å². The highest BCUT2D eigenvalue weighted by molar-refractivity contribution is 5.93. The predicted octanol–water partition coefficient (Wildman–Crippen LogP) is 2.98. The number of amides is 1. The smallest absolute Gasteiger partial charge is 0.263 e. The molecule has 0 saturated carbocycles. The van der Waals surface area contributed by atoms with E-state index in [0.29, 0.717) is 18.0 Å². The van der Waals surface area contributed by atoms with Crippen molar-refractivity contribution < 1.29 is 4.79 Å². The van der Waals surface area contributed by atoms with Crippen LogP contribution in [0.2, 0.25) is 0 Å². The normalized spacial score (nSPS) is 23.6. The van der Waals surface area contributed by atoms with Gasteiger partial charge < -0.3 is 14.4 Å². The number of rotatable bonds is 2. The molecule has 2 atom stereocenters. The predicted molar refractivity (Wildman–Crippen MR) is 120 cm³/mol. The molecule has 5 rings (SSSR count). The van der Waals surface area contributed by atoms with E-state index in [1.807, 2.05) is 22.5 Å². The molecule has 5 heterocycles. The molecule has 1 amide bonds. The maximum Gasteiger partial charge on any atom is 0.263 e. The van der Waals surface area contributed by atoms with Gasteiger partial charge in [-0.25, -0.2) is 4.98 Å². The Morgan fingerprint density at radius 1 is 0.968 bits per heavy atom. The summed E-state index contributed by atoms with van der Waals surface area (Å²) in [6.07, 6.45) is 10.2.